The van der Waals surface area contributed by atoms with E-state index in [4.69, 9.17) is 4.74 Å². The zero-order valence-corrected chi connectivity index (χ0v) is 19.4. The Morgan fingerprint density at radius 3 is 2.61 bits per heavy atom. The van der Waals surface area contributed by atoms with E-state index in [9.17, 15) is 14.7 Å². The smallest absolute Gasteiger partial charge is 0.408 e. The van der Waals surface area contributed by atoms with Crippen molar-refractivity contribution in [2.24, 2.45) is 5.92 Å². The number of hydrogen-bond donors (Lipinski definition) is 2. The second-order valence-corrected chi connectivity index (χ2v) is 9.98. The quantitative estimate of drug-likeness (QED) is 0.720. The van der Waals surface area contributed by atoms with Gasteiger partial charge in [-0.25, -0.2) is 4.79 Å². The minimum atomic E-state index is -0.805. The van der Waals surface area contributed by atoms with Gasteiger partial charge in [0, 0.05) is 13.2 Å². The Morgan fingerprint density at radius 2 is 1.97 bits per heavy atom. The second-order valence-electron chi connectivity index (χ2n) is 9.98. The van der Waals surface area contributed by atoms with E-state index in [1.807, 2.05) is 4.90 Å². The SMILES string of the molecule is CC(C)CC1C2=C(CCN1C(=O)[C@@H](CCO)NC(=O)OC(C)(C)C)c1ccccc1C2. The third-order valence-corrected chi connectivity index (χ3v) is 5.88. The molecule has 31 heavy (non-hydrogen) atoms. The lowest BCUT2D eigenvalue weighted by molar-refractivity contribution is -0.136. The van der Waals surface area contributed by atoms with Gasteiger partial charge >= 0.3 is 6.09 Å². The van der Waals surface area contributed by atoms with Crippen molar-refractivity contribution in [3.63, 3.8) is 0 Å². The molecule has 3 rings (SSSR count). The molecule has 1 aliphatic carbocycles. The standard InChI is InChI=1S/C25H36N2O4/c1-16(2)14-22-20-15-17-8-6-7-9-18(17)19(20)10-12-27(22)23(29)21(11-13-28)26-24(30)31-25(3,4)5/h6-9,16,21-22,28H,10-15H2,1-5H3,(H,26,30)/t21-,22?/m1/s1. The number of ether oxygens (including phenoxy) is 1. The molecule has 2 amide bonds. The Morgan fingerprint density at radius 1 is 1.26 bits per heavy atom. The van der Waals surface area contributed by atoms with Crippen molar-refractivity contribution in [2.75, 3.05) is 13.2 Å². The highest BCUT2D eigenvalue weighted by atomic mass is 16.6. The molecular weight excluding hydrogens is 392 g/mol. The Kier molecular flexibility index (Phi) is 7.10. The van der Waals surface area contributed by atoms with Gasteiger partial charge in [0.2, 0.25) is 5.91 Å². The first-order chi connectivity index (χ1) is 14.6. The number of aliphatic hydroxyl groups excluding tert-OH is 1. The van der Waals surface area contributed by atoms with Gasteiger partial charge in [-0.2, -0.15) is 0 Å². The Labute approximate surface area is 185 Å². The van der Waals surface area contributed by atoms with Gasteiger partial charge in [0.05, 0.1) is 6.04 Å². The first-order valence-electron chi connectivity index (χ1n) is 11.3. The van der Waals surface area contributed by atoms with Gasteiger partial charge in [0.15, 0.2) is 0 Å². The largest absolute Gasteiger partial charge is 0.444 e. The lowest BCUT2D eigenvalue weighted by Gasteiger charge is -2.40. The molecule has 1 aromatic rings. The summed E-state index contributed by atoms with van der Waals surface area (Å²) in [5.74, 6) is 0.277. The molecule has 1 aromatic carbocycles. The predicted octanol–water partition coefficient (Wildman–Crippen LogP) is 3.92. The Bertz CT molecular complexity index is 853. The van der Waals surface area contributed by atoms with Gasteiger partial charge < -0.3 is 20.1 Å². The zero-order valence-electron chi connectivity index (χ0n) is 19.4. The molecule has 0 radical (unpaired) electrons. The third kappa shape index (κ3) is 5.48. The molecule has 170 valence electrons. The van der Waals surface area contributed by atoms with Crippen molar-refractivity contribution in [1.29, 1.82) is 0 Å². The fraction of sp³-hybridized carbons (Fsp3) is 0.600. The van der Waals surface area contributed by atoms with Crippen LogP contribution in [0.5, 0.6) is 0 Å². The topological polar surface area (TPSA) is 78.9 Å². The number of carbonyl (C=O) groups excluding carboxylic acids is 2. The van der Waals surface area contributed by atoms with Crippen molar-refractivity contribution in [2.45, 2.75) is 78.0 Å². The van der Waals surface area contributed by atoms with Crippen molar-refractivity contribution in [3.8, 4) is 0 Å². The van der Waals surface area contributed by atoms with Crippen LogP contribution in [0.3, 0.4) is 0 Å². The van der Waals surface area contributed by atoms with Crippen LogP contribution in [0.2, 0.25) is 0 Å². The predicted molar refractivity (Wildman–Crippen MR) is 121 cm³/mol. The lowest BCUT2D eigenvalue weighted by Crippen LogP contribution is -2.54. The van der Waals surface area contributed by atoms with Gasteiger partial charge in [-0.05, 0) is 74.6 Å². The summed E-state index contributed by atoms with van der Waals surface area (Å²) in [6.07, 6.45) is 2.08. The van der Waals surface area contributed by atoms with E-state index in [0.29, 0.717) is 12.5 Å². The monoisotopic (exact) mass is 428 g/mol. The Balaban J connectivity index is 1.84. The third-order valence-electron chi connectivity index (χ3n) is 5.88. The van der Waals surface area contributed by atoms with E-state index in [0.717, 1.165) is 19.3 Å². The number of amides is 2. The lowest BCUT2D eigenvalue weighted by atomic mass is 9.87. The van der Waals surface area contributed by atoms with Gasteiger partial charge in [-0.1, -0.05) is 38.1 Å². The van der Waals surface area contributed by atoms with Crippen LogP contribution >= 0.6 is 0 Å². The normalized spacial score (nSPS) is 19.2. The molecule has 2 N–H and O–H groups in total. The number of rotatable bonds is 6. The summed E-state index contributed by atoms with van der Waals surface area (Å²) in [6, 6.07) is 7.70. The molecule has 2 aliphatic rings. The number of fused-ring (bicyclic) bond motifs is 2. The van der Waals surface area contributed by atoms with Crippen LogP contribution in [-0.4, -0.2) is 52.8 Å². The number of benzene rings is 1. The maximum absolute atomic E-state index is 13.6. The average Bonchev–Trinajstić information content (AvgIpc) is 3.05. The van der Waals surface area contributed by atoms with Crippen LogP contribution in [-0.2, 0) is 16.0 Å². The second kappa shape index (κ2) is 9.43. The van der Waals surface area contributed by atoms with Gasteiger partial charge in [-0.15, -0.1) is 0 Å². The van der Waals surface area contributed by atoms with Crippen LogP contribution in [0.4, 0.5) is 4.79 Å². The molecule has 0 saturated carbocycles. The van der Waals surface area contributed by atoms with Gasteiger partial charge in [0.25, 0.3) is 0 Å². The summed E-state index contributed by atoms with van der Waals surface area (Å²) in [5, 5.41) is 12.2. The van der Waals surface area contributed by atoms with Crippen molar-refractivity contribution >= 4 is 17.6 Å². The van der Waals surface area contributed by atoms with Crippen molar-refractivity contribution in [1.82, 2.24) is 10.2 Å². The fourth-order valence-electron chi connectivity index (χ4n) is 4.66. The molecule has 0 aromatic heterocycles. The number of nitrogens with zero attached hydrogens (tertiary/aromatic N) is 1. The molecule has 6 nitrogen and oxygen atoms in total. The molecule has 1 aliphatic heterocycles. The summed E-state index contributed by atoms with van der Waals surface area (Å²) >= 11 is 0. The Hall–Kier alpha value is -2.34. The molecule has 0 bridgehead atoms. The van der Waals surface area contributed by atoms with Gasteiger partial charge in [0.1, 0.15) is 11.6 Å². The molecule has 0 spiro atoms. The van der Waals surface area contributed by atoms with E-state index in [2.05, 4.69) is 43.4 Å². The molecule has 0 fully saturated rings. The number of aliphatic hydroxyl groups is 1. The maximum Gasteiger partial charge on any atom is 0.408 e. The van der Waals surface area contributed by atoms with Crippen LogP contribution in [0.1, 0.15) is 65.0 Å². The maximum atomic E-state index is 13.6. The minimum Gasteiger partial charge on any atom is -0.444 e. The molecule has 0 saturated heterocycles. The molecule has 2 atom stereocenters. The number of alkyl carbamates (subject to hydrolysis) is 1. The van der Waals surface area contributed by atoms with E-state index in [1.165, 1.54) is 22.3 Å². The number of hydrogen-bond acceptors (Lipinski definition) is 4. The molecule has 1 heterocycles. The average molecular weight is 429 g/mol. The first-order valence-corrected chi connectivity index (χ1v) is 11.3. The highest BCUT2D eigenvalue weighted by Gasteiger charge is 2.39. The molecular formula is C25H36N2O4. The molecule has 6 heteroatoms. The van der Waals surface area contributed by atoms with Gasteiger partial charge in [-0.3, -0.25) is 4.79 Å². The first kappa shape index (κ1) is 23.3. The van der Waals surface area contributed by atoms with E-state index in [1.54, 1.807) is 20.8 Å². The highest BCUT2D eigenvalue weighted by Crippen LogP contribution is 2.42. The van der Waals surface area contributed by atoms with Crippen LogP contribution < -0.4 is 5.32 Å². The molecule has 1 unspecified atom stereocenters. The summed E-state index contributed by atoms with van der Waals surface area (Å²) in [5.41, 5.74) is 4.70. The van der Waals surface area contributed by atoms with Crippen LogP contribution in [0, 0.1) is 5.92 Å². The fourth-order valence-corrected chi connectivity index (χ4v) is 4.66. The summed E-state index contributed by atoms with van der Waals surface area (Å²) in [6.45, 7) is 10.1. The minimum absolute atomic E-state index is 0.00489. The van der Waals surface area contributed by atoms with E-state index >= 15 is 0 Å². The summed E-state index contributed by atoms with van der Waals surface area (Å²) < 4.78 is 5.34. The summed E-state index contributed by atoms with van der Waals surface area (Å²) in [7, 11) is 0. The van der Waals surface area contributed by atoms with Crippen molar-refractivity contribution in [3.05, 3.63) is 41.0 Å². The van der Waals surface area contributed by atoms with E-state index < -0.39 is 17.7 Å². The summed E-state index contributed by atoms with van der Waals surface area (Å²) in [4.78, 5) is 27.8. The number of nitrogens with one attached hydrogen (secondary N) is 1. The number of carbonyl (C=O) groups is 2. The zero-order chi connectivity index (χ0) is 22.8. The van der Waals surface area contributed by atoms with Crippen LogP contribution in [0.25, 0.3) is 5.57 Å². The van der Waals surface area contributed by atoms with E-state index in [-0.39, 0.29) is 25.0 Å². The van der Waals surface area contributed by atoms with Crippen LogP contribution in [0.15, 0.2) is 29.8 Å². The highest BCUT2D eigenvalue weighted by molar-refractivity contribution is 5.88. The van der Waals surface area contributed by atoms with Crippen molar-refractivity contribution < 1.29 is 19.4 Å².